The number of carbonyl (C=O) groups excluding carboxylic acids is 1. The highest BCUT2D eigenvalue weighted by atomic mass is 16.5. The van der Waals surface area contributed by atoms with E-state index in [0.29, 0.717) is 30.6 Å². The van der Waals surface area contributed by atoms with Gasteiger partial charge in [-0.1, -0.05) is 36.5 Å². The zero-order chi connectivity index (χ0) is 23.1. The van der Waals surface area contributed by atoms with Gasteiger partial charge in [0.1, 0.15) is 0 Å². The highest BCUT2D eigenvalue weighted by Crippen LogP contribution is 2.14. The number of carboxylic acids is 1. The molecule has 1 N–H and O–H groups in total. The number of methoxy groups -OCH3 is 2. The molecule has 0 fully saturated rings. The van der Waals surface area contributed by atoms with Crippen LogP contribution in [0.4, 0.5) is 0 Å². The second kappa shape index (κ2) is 15.4. The summed E-state index contributed by atoms with van der Waals surface area (Å²) in [5, 5.41) is 8.94. The molecule has 0 aromatic rings. The van der Waals surface area contributed by atoms with Crippen molar-refractivity contribution in [2.75, 3.05) is 20.8 Å². The van der Waals surface area contributed by atoms with Crippen LogP contribution in [0.15, 0.2) is 58.7 Å². The minimum Gasteiger partial charge on any atom is -0.478 e. The standard InChI is InChI=1S/C24H36O6/c1-8-30-24(27)20(5)14-16-22(29-7)18(3)12-10-9-11-17(2)21(28-6)15-13-19(4)23(25)26/h9-14,21-22H,8,15-16H2,1-7H3,(H,25,26)/b10-9+,17-11+,18-12+,19-13+,20-14+. The van der Waals surface area contributed by atoms with E-state index >= 15 is 0 Å². The Morgan fingerprint density at radius 1 is 0.833 bits per heavy atom. The minimum absolute atomic E-state index is 0.139. The Hall–Kier alpha value is -2.44. The molecule has 0 saturated carbocycles. The van der Waals surface area contributed by atoms with Gasteiger partial charge in [-0.25, -0.2) is 9.59 Å². The molecule has 0 rings (SSSR count). The summed E-state index contributed by atoms with van der Waals surface area (Å²) in [6.07, 6.45) is 12.0. The van der Waals surface area contributed by atoms with Crippen LogP contribution >= 0.6 is 0 Å². The molecule has 6 heteroatoms. The molecule has 0 aliphatic carbocycles. The quantitative estimate of drug-likeness (QED) is 0.262. The van der Waals surface area contributed by atoms with Gasteiger partial charge < -0.3 is 19.3 Å². The van der Waals surface area contributed by atoms with Crippen molar-refractivity contribution < 1.29 is 28.9 Å². The van der Waals surface area contributed by atoms with Gasteiger partial charge in [-0.05, 0) is 58.6 Å². The lowest BCUT2D eigenvalue weighted by Gasteiger charge is -2.14. The fraction of sp³-hybridized carbons (Fsp3) is 0.500. The first kappa shape index (κ1) is 27.6. The molecular formula is C24H36O6. The van der Waals surface area contributed by atoms with Crippen molar-refractivity contribution in [1.29, 1.82) is 0 Å². The monoisotopic (exact) mass is 420 g/mol. The van der Waals surface area contributed by atoms with Crippen LogP contribution in [0.3, 0.4) is 0 Å². The number of esters is 1. The van der Waals surface area contributed by atoms with E-state index in [9.17, 15) is 9.59 Å². The second-order valence-electron chi connectivity index (χ2n) is 6.93. The van der Waals surface area contributed by atoms with Gasteiger partial charge in [0, 0.05) is 25.4 Å². The maximum absolute atomic E-state index is 11.7. The van der Waals surface area contributed by atoms with Crippen LogP contribution < -0.4 is 0 Å². The van der Waals surface area contributed by atoms with Crippen molar-refractivity contribution in [2.24, 2.45) is 0 Å². The molecule has 6 nitrogen and oxygen atoms in total. The summed E-state index contributed by atoms with van der Waals surface area (Å²) in [7, 11) is 3.24. The van der Waals surface area contributed by atoms with Crippen LogP contribution in [-0.4, -0.2) is 50.1 Å². The molecule has 0 heterocycles. The Balaban J connectivity index is 5.00. The largest absolute Gasteiger partial charge is 0.478 e. The average Bonchev–Trinajstić information content (AvgIpc) is 2.71. The molecule has 30 heavy (non-hydrogen) atoms. The summed E-state index contributed by atoms with van der Waals surface area (Å²) < 4.78 is 15.9. The molecule has 168 valence electrons. The number of ether oxygens (including phenoxy) is 3. The van der Waals surface area contributed by atoms with Crippen molar-refractivity contribution >= 4 is 11.9 Å². The number of aliphatic carboxylic acids is 1. The predicted molar refractivity (Wildman–Crippen MR) is 119 cm³/mol. The Morgan fingerprint density at radius 2 is 1.27 bits per heavy atom. The molecule has 2 atom stereocenters. The van der Waals surface area contributed by atoms with Crippen molar-refractivity contribution in [3.05, 3.63) is 58.7 Å². The lowest BCUT2D eigenvalue weighted by atomic mass is 10.0. The maximum atomic E-state index is 11.7. The number of carboxylic acid groups (broad SMARTS) is 1. The van der Waals surface area contributed by atoms with E-state index in [1.165, 1.54) is 0 Å². The zero-order valence-corrected chi connectivity index (χ0v) is 19.2. The molecule has 0 spiro atoms. The fourth-order valence-corrected chi connectivity index (χ4v) is 2.55. The maximum Gasteiger partial charge on any atom is 0.333 e. The minimum atomic E-state index is -0.924. The van der Waals surface area contributed by atoms with Crippen LogP contribution in [0.1, 0.15) is 47.5 Å². The lowest BCUT2D eigenvalue weighted by molar-refractivity contribution is -0.138. The summed E-state index contributed by atoms with van der Waals surface area (Å²) in [5.74, 6) is -1.23. The molecule has 2 unspecified atom stereocenters. The number of carbonyl (C=O) groups is 2. The fourth-order valence-electron chi connectivity index (χ4n) is 2.55. The third-order valence-corrected chi connectivity index (χ3v) is 4.63. The van der Waals surface area contributed by atoms with Crippen molar-refractivity contribution in [2.45, 2.75) is 59.7 Å². The molecule has 0 aromatic heterocycles. The van der Waals surface area contributed by atoms with Gasteiger partial charge in [0.05, 0.1) is 18.8 Å². The Morgan fingerprint density at radius 3 is 1.63 bits per heavy atom. The van der Waals surface area contributed by atoms with Gasteiger partial charge in [0.15, 0.2) is 0 Å². The van der Waals surface area contributed by atoms with Crippen LogP contribution in [0, 0.1) is 0 Å². The SMILES string of the molecule is CCOC(=O)/C(C)=C/CC(OC)/C(C)=C/C=C/C=C(\C)C(C/C=C(\C)C(=O)O)OC. The topological polar surface area (TPSA) is 82.1 Å². The molecule has 0 aliphatic heterocycles. The van der Waals surface area contributed by atoms with Gasteiger partial charge in [-0.3, -0.25) is 0 Å². The third-order valence-electron chi connectivity index (χ3n) is 4.63. The summed E-state index contributed by atoms with van der Waals surface area (Å²) in [6, 6.07) is 0. The van der Waals surface area contributed by atoms with E-state index in [-0.39, 0.29) is 18.2 Å². The molecule has 0 saturated heterocycles. The number of hydrogen-bond acceptors (Lipinski definition) is 5. The van der Waals surface area contributed by atoms with Crippen molar-refractivity contribution in [3.63, 3.8) is 0 Å². The van der Waals surface area contributed by atoms with Crippen molar-refractivity contribution in [3.8, 4) is 0 Å². The second-order valence-corrected chi connectivity index (χ2v) is 6.93. The third kappa shape index (κ3) is 10.9. The van der Waals surface area contributed by atoms with Crippen LogP contribution in [0.2, 0.25) is 0 Å². The van der Waals surface area contributed by atoms with Gasteiger partial charge in [0.2, 0.25) is 0 Å². The summed E-state index contributed by atoms with van der Waals surface area (Å²) in [4.78, 5) is 22.6. The van der Waals surface area contributed by atoms with Gasteiger partial charge in [0.25, 0.3) is 0 Å². The first-order chi connectivity index (χ1) is 14.2. The van der Waals surface area contributed by atoms with E-state index in [1.807, 2.05) is 44.2 Å². The number of rotatable bonds is 13. The molecule has 0 radical (unpaired) electrons. The van der Waals surface area contributed by atoms with Gasteiger partial charge >= 0.3 is 11.9 Å². The van der Waals surface area contributed by atoms with E-state index < -0.39 is 5.97 Å². The number of hydrogen-bond donors (Lipinski definition) is 1. The Labute approximate surface area is 180 Å². The van der Waals surface area contributed by atoms with E-state index in [2.05, 4.69) is 0 Å². The first-order valence-electron chi connectivity index (χ1n) is 9.98. The lowest BCUT2D eigenvalue weighted by Crippen LogP contribution is -2.12. The molecule has 0 aliphatic rings. The van der Waals surface area contributed by atoms with Crippen LogP contribution in [0.25, 0.3) is 0 Å². The molecule has 0 aromatic carbocycles. The highest BCUT2D eigenvalue weighted by Gasteiger charge is 2.11. The summed E-state index contributed by atoms with van der Waals surface area (Å²) in [5.41, 5.74) is 2.89. The summed E-state index contributed by atoms with van der Waals surface area (Å²) in [6.45, 7) is 9.35. The zero-order valence-electron chi connectivity index (χ0n) is 19.2. The van der Waals surface area contributed by atoms with E-state index in [0.717, 1.165) is 11.1 Å². The normalized spacial score (nSPS) is 16.0. The highest BCUT2D eigenvalue weighted by molar-refractivity contribution is 5.87. The van der Waals surface area contributed by atoms with Crippen LogP contribution in [-0.2, 0) is 23.8 Å². The predicted octanol–water partition coefficient (Wildman–Crippen LogP) is 4.79. The Kier molecular flexibility index (Phi) is 14.2. The van der Waals surface area contributed by atoms with E-state index in [4.69, 9.17) is 19.3 Å². The summed E-state index contributed by atoms with van der Waals surface area (Å²) >= 11 is 0. The van der Waals surface area contributed by atoms with Crippen molar-refractivity contribution in [1.82, 2.24) is 0 Å². The first-order valence-corrected chi connectivity index (χ1v) is 9.98. The van der Waals surface area contributed by atoms with Gasteiger partial charge in [-0.15, -0.1) is 0 Å². The molecule has 0 amide bonds. The van der Waals surface area contributed by atoms with Gasteiger partial charge in [-0.2, -0.15) is 0 Å². The molecular weight excluding hydrogens is 384 g/mol. The van der Waals surface area contributed by atoms with E-state index in [1.54, 1.807) is 41.1 Å². The Bertz CT molecular complexity index is 709. The van der Waals surface area contributed by atoms with Crippen LogP contribution in [0.5, 0.6) is 0 Å². The molecule has 0 bridgehead atoms. The number of allylic oxidation sites excluding steroid dienone is 4. The smallest absolute Gasteiger partial charge is 0.333 e. The average molecular weight is 421 g/mol.